The van der Waals surface area contributed by atoms with E-state index < -0.39 is 0 Å². The monoisotopic (exact) mass is 295 g/mol. The Kier molecular flexibility index (Phi) is 4.16. The van der Waals surface area contributed by atoms with Crippen molar-refractivity contribution < 1.29 is 0 Å². The van der Waals surface area contributed by atoms with Crippen molar-refractivity contribution in [1.82, 2.24) is 4.90 Å². The average molecular weight is 296 g/mol. The molecule has 0 aliphatic carbocycles. The van der Waals surface area contributed by atoms with Crippen LogP contribution in [0.15, 0.2) is 46.3 Å². The fraction of sp³-hybridized carbons (Fsp3) is 0.231. The molecule has 0 aliphatic rings. The summed E-state index contributed by atoms with van der Waals surface area (Å²) in [5, 5.41) is 2.13. The largest absolute Gasteiger partial charge is 0.297 e. The van der Waals surface area contributed by atoms with Crippen LogP contribution in [0, 0.1) is 0 Å². The first-order valence-electron chi connectivity index (χ1n) is 5.20. The van der Waals surface area contributed by atoms with Gasteiger partial charge in [0.1, 0.15) is 0 Å². The molecule has 16 heavy (non-hydrogen) atoms. The van der Waals surface area contributed by atoms with Gasteiger partial charge in [-0.15, -0.1) is 11.3 Å². The molecule has 0 bridgehead atoms. The molecule has 1 aromatic carbocycles. The van der Waals surface area contributed by atoms with Crippen molar-refractivity contribution in [2.24, 2.45) is 0 Å². The SMILES string of the molecule is CN(Cc1cccs1)Cc1ccccc1Br. The van der Waals surface area contributed by atoms with Crippen molar-refractivity contribution in [3.05, 3.63) is 56.7 Å². The molecule has 1 nitrogen and oxygen atoms in total. The first-order chi connectivity index (χ1) is 7.75. The molecule has 0 amide bonds. The lowest BCUT2D eigenvalue weighted by Gasteiger charge is -2.16. The van der Waals surface area contributed by atoms with E-state index in [1.165, 1.54) is 14.9 Å². The van der Waals surface area contributed by atoms with Crippen LogP contribution in [0.2, 0.25) is 0 Å². The van der Waals surface area contributed by atoms with E-state index in [2.05, 4.69) is 63.6 Å². The van der Waals surface area contributed by atoms with Gasteiger partial charge in [-0.3, -0.25) is 4.90 Å². The van der Waals surface area contributed by atoms with Gasteiger partial charge in [-0.1, -0.05) is 40.2 Å². The molecule has 2 rings (SSSR count). The van der Waals surface area contributed by atoms with Crippen LogP contribution >= 0.6 is 27.3 Å². The van der Waals surface area contributed by atoms with Crippen molar-refractivity contribution in [3.63, 3.8) is 0 Å². The van der Waals surface area contributed by atoms with Crippen molar-refractivity contribution >= 4 is 27.3 Å². The standard InChI is InChI=1S/C13H14BrNS/c1-15(10-12-6-4-8-16-12)9-11-5-2-3-7-13(11)14/h2-8H,9-10H2,1H3. The number of hydrogen-bond acceptors (Lipinski definition) is 2. The van der Waals surface area contributed by atoms with E-state index >= 15 is 0 Å². The summed E-state index contributed by atoms with van der Waals surface area (Å²) in [7, 11) is 2.15. The minimum Gasteiger partial charge on any atom is -0.297 e. The molecular weight excluding hydrogens is 282 g/mol. The maximum Gasteiger partial charge on any atom is 0.0328 e. The fourth-order valence-electron chi connectivity index (χ4n) is 1.64. The number of thiophene rings is 1. The summed E-state index contributed by atoms with van der Waals surface area (Å²) in [6.45, 7) is 1.98. The number of rotatable bonds is 4. The molecule has 0 atom stereocenters. The molecule has 0 aliphatic heterocycles. The molecule has 0 fully saturated rings. The van der Waals surface area contributed by atoms with Gasteiger partial charge in [0.2, 0.25) is 0 Å². The van der Waals surface area contributed by atoms with Gasteiger partial charge in [0.05, 0.1) is 0 Å². The number of hydrogen-bond donors (Lipinski definition) is 0. The Hall–Kier alpha value is -0.640. The maximum atomic E-state index is 3.58. The molecule has 0 radical (unpaired) electrons. The molecular formula is C13H14BrNS. The van der Waals surface area contributed by atoms with Crippen LogP contribution in [0.5, 0.6) is 0 Å². The van der Waals surface area contributed by atoms with Crippen LogP contribution in [0.3, 0.4) is 0 Å². The van der Waals surface area contributed by atoms with Gasteiger partial charge < -0.3 is 0 Å². The summed E-state index contributed by atoms with van der Waals surface area (Å²) >= 11 is 5.39. The third-order valence-corrected chi connectivity index (χ3v) is 4.04. The summed E-state index contributed by atoms with van der Waals surface area (Å²) < 4.78 is 1.19. The Bertz CT molecular complexity index is 439. The van der Waals surface area contributed by atoms with E-state index in [1.807, 2.05) is 17.4 Å². The lowest BCUT2D eigenvalue weighted by molar-refractivity contribution is 0.321. The minimum atomic E-state index is 0.972. The molecule has 0 N–H and O–H groups in total. The molecule has 3 heteroatoms. The first kappa shape index (κ1) is 11.8. The van der Waals surface area contributed by atoms with Crippen molar-refractivity contribution in [1.29, 1.82) is 0 Å². The van der Waals surface area contributed by atoms with Crippen LogP contribution in [0.4, 0.5) is 0 Å². The third kappa shape index (κ3) is 3.17. The van der Waals surface area contributed by atoms with E-state index in [-0.39, 0.29) is 0 Å². The second kappa shape index (κ2) is 5.62. The van der Waals surface area contributed by atoms with Gasteiger partial charge >= 0.3 is 0 Å². The van der Waals surface area contributed by atoms with Gasteiger partial charge in [0.15, 0.2) is 0 Å². The molecule has 0 unspecified atom stereocenters. The zero-order chi connectivity index (χ0) is 11.4. The summed E-state index contributed by atoms with van der Waals surface area (Å²) in [5.41, 5.74) is 1.33. The fourth-order valence-corrected chi connectivity index (χ4v) is 2.84. The van der Waals surface area contributed by atoms with Gasteiger partial charge in [-0.2, -0.15) is 0 Å². The summed E-state index contributed by atoms with van der Waals surface area (Å²) in [5.74, 6) is 0. The zero-order valence-corrected chi connectivity index (χ0v) is 11.6. The predicted molar refractivity (Wildman–Crippen MR) is 73.6 cm³/mol. The molecule has 0 saturated carbocycles. The topological polar surface area (TPSA) is 3.24 Å². The van der Waals surface area contributed by atoms with E-state index in [1.54, 1.807) is 0 Å². The van der Waals surface area contributed by atoms with Gasteiger partial charge in [0, 0.05) is 22.4 Å². The van der Waals surface area contributed by atoms with Crippen LogP contribution in [0.1, 0.15) is 10.4 Å². The second-order valence-electron chi connectivity index (χ2n) is 3.84. The Morgan fingerprint density at radius 2 is 1.94 bits per heavy atom. The molecule has 0 saturated heterocycles. The first-order valence-corrected chi connectivity index (χ1v) is 6.87. The van der Waals surface area contributed by atoms with Gasteiger partial charge in [-0.05, 0) is 30.1 Å². The van der Waals surface area contributed by atoms with Crippen LogP contribution in [-0.2, 0) is 13.1 Å². The van der Waals surface area contributed by atoms with Crippen LogP contribution < -0.4 is 0 Å². The summed E-state index contributed by atoms with van der Waals surface area (Å²) in [6, 6.07) is 12.7. The van der Waals surface area contributed by atoms with Crippen LogP contribution in [0.25, 0.3) is 0 Å². The highest BCUT2D eigenvalue weighted by Crippen LogP contribution is 2.19. The van der Waals surface area contributed by atoms with Crippen LogP contribution in [-0.4, -0.2) is 11.9 Å². The van der Waals surface area contributed by atoms with E-state index in [0.717, 1.165) is 13.1 Å². The third-order valence-electron chi connectivity index (χ3n) is 2.40. The molecule has 2 aromatic rings. The van der Waals surface area contributed by atoms with E-state index in [0.29, 0.717) is 0 Å². The highest BCUT2D eigenvalue weighted by molar-refractivity contribution is 9.10. The zero-order valence-electron chi connectivity index (χ0n) is 9.19. The lowest BCUT2D eigenvalue weighted by atomic mass is 10.2. The lowest BCUT2D eigenvalue weighted by Crippen LogP contribution is -2.16. The van der Waals surface area contributed by atoms with Crippen molar-refractivity contribution in [3.8, 4) is 0 Å². The highest BCUT2D eigenvalue weighted by Gasteiger charge is 2.04. The molecule has 0 spiro atoms. The Labute approximate surface area is 109 Å². The van der Waals surface area contributed by atoms with E-state index in [9.17, 15) is 0 Å². The molecule has 1 aromatic heterocycles. The van der Waals surface area contributed by atoms with Gasteiger partial charge in [-0.25, -0.2) is 0 Å². The quantitative estimate of drug-likeness (QED) is 0.819. The maximum absolute atomic E-state index is 3.58. The smallest absolute Gasteiger partial charge is 0.0328 e. The van der Waals surface area contributed by atoms with Crippen molar-refractivity contribution in [2.75, 3.05) is 7.05 Å². The minimum absolute atomic E-state index is 0.972. The highest BCUT2D eigenvalue weighted by atomic mass is 79.9. The number of halogens is 1. The Morgan fingerprint density at radius 3 is 2.62 bits per heavy atom. The molecule has 84 valence electrons. The van der Waals surface area contributed by atoms with Gasteiger partial charge in [0.25, 0.3) is 0 Å². The normalized spacial score (nSPS) is 10.9. The molecule has 1 heterocycles. The van der Waals surface area contributed by atoms with E-state index in [4.69, 9.17) is 0 Å². The average Bonchev–Trinajstić information content (AvgIpc) is 2.74. The summed E-state index contributed by atoms with van der Waals surface area (Å²) in [4.78, 5) is 3.74. The predicted octanol–water partition coefficient (Wildman–Crippen LogP) is 4.14. The number of nitrogens with zero attached hydrogens (tertiary/aromatic N) is 1. The Balaban J connectivity index is 1.97. The Morgan fingerprint density at radius 1 is 1.12 bits per heavy atom. The van der Waals surface area contributed by atoms with Crippen molar-refractivity contribution in [2.45, 2.75) is 13.1 Å². The summed E-state index contributed by atoms with van der Waals surface area (Å²) in [6.07, 6.45) is 0. The number of benzene rings is 1. The second-order valence-corrected chi connectivity index (χ2v) is 5.73.